The van der Waals surface area contributed by atoms with Gasteiger partial charge in [0, 0.05) is 6.42 Å². The predicted molar refractivity (Wildman–Crippen MR) is 141 cm³/mol. The SMILES string of the molecule is CCCCCCCCCCCCCCCCCC/C=C/CCC(=O)n1nnc2ccccc21. The topological polar surface area (TPSA) is 47.8 Å². The molecule has 0 atom stereocenters. The van der Waals surface area contributed by atoms with Crippen molar-refractivity contribution < 1.29 is 4.79 Å². The predicted octanol–water partition coefficient (Wildman–Crippen LogP) is 9.06. The molecule has 0 aliphatic carbocycles. The molecule has 1 aromatic carbocycles. The minimum atomic E-state index is 0.00996. The Morgan fingerprint density at radius 2 is 1.24 bits per heavy atom. The molecule has 1 aromatic heterocycles. The van der Waals surface area contributed by atoms with Gasteiger partial charge in [-0.15, -0.1) is 5.10 Å². The first-order valence-electron chi connectivity index (χ1n) is 13.8. The number of unbranched alkanes of at least 4 members (excludes halogenated alkanes) is 16. The average Bonchev–Trinajstić information content (AvgIpc) is 3.27. The first-order valence-corrected chi connectivity index (χ1v) is 13.8. The van der Waals surface area contributed by atoms with E-state index in [9.17, 15) is 4.79 Å². The molecule has 4 nitrogen and oxygen atoms in total. The Morgan fingerprint density at radius 3 is 1.85 bits per heavy atom. The molecular weight excluding hydrogens is 406 g/mol. The quantitative estimate of drug-likeness (QED) is 0.148. The molecule has 4 heteroatoms. The van der Waals surface area contributed by atoms with Crippen molar-refractivity contribution in [2.24, 2.45) is 0 Å². The van der Waals surface area contributed by atoms with Gasteiger partial charge in [0.25, 0.3) is 0 Å². The molecule has 0 aliphatic rings. The monoisotopic (exact) mass is 453 g/mol. The molecule has 0 amide bonds. The summed E-state index contributed by atoms with van der Waals surface area (Å²) in [5.41, 5.74) is 1.56. The standard InChI is InChI=1S/C29H47N3O/c1-2-3-4-5-6-7-8-9-10-11-12-13-14-15-16-17-18-19-20-21-26-29(33)32-28-25-23-22-24-27(28)30-31-32/h19-20,22-25H,2-18,21,26H2,1H3/b20-19+. The number of hydrogen-bond donors (Lipinski definition) is 0. The smallest absolute Gasteiger partial charge is 0.249 e. The van der Waals surface area contributed by atoms with E-state index in [4.69, 9.17) is 0 Å². The van der Waals surface area contributed by atoms with Crippen LogP contribution in [0.5, 0.6) is 0 Å². The number of rotatable bonds is 20. The van der Waals surface area contributed by atoms with Crippen LogP contribution in [0.25, 0.3) is 11.0 Å². The number of carbonyl (C=O) groups excluding carboxylic acids is 1. The van der Waals surface area contributed by atoms with Crippen LogP contribution in [0.4, 0.5) is 0 Å². The molecule has 0 bridgehead atoms. The van der Waals surface area contributed by atoms with E-state index in [2.05, 4.69) is 29.4 Å². The second-order valence-electron chi connectivity index (χ2n) is 9.49. The fourth-order valence-corrected chi connectivity index (χ4v) is 4.41. The summed E-state index contributed by atoms with van der Waals surface area (Å²) in [5, 5.41) is 8.04. The molecule has 0 spiro atoms. The van der Waals surface area contributed by atoms with E-state index in [1.807, 2.05) is 24.3 Å². The van der Waals surface area contributed by atoms with Crippen LogP contribution in [0.15, 0.2) is 36.4 Å². The maximum Gasteiger partial charge on any atom is 0.249 e. The summed E-state index contributed by atoms with van der Waals surface area (Å²) in [6.07, 6.45) is 29.2. The Morgan fingerprint density at radius 1 is 0.727 bits per heavy atom. The van der Waals surface area contributed by atoms with Gasteiger partial charge in [0.15, 0.2) is 0 Å². The van der Waals surface area contributed by atoms with Gasteiger partial charge in [-0.1, -0.05) is 133 Å². The molecule has 0 aliphatic heterocycles. The van der Waals surface area contributed by atoms with E-state index in [0.29, 0.717) is 6.42 Å². The van der Waals surface area contributed by atoms with Crippen LogP contribution < -0.4 is 0 Å². The molecule has 0 saturated carbocycles. The number of benzene rings is 1. The lowest BCUT2D eigenvalue weighted by Gasteiger charge is -2.03. The molecule has 0 fully saturated rings. The van der Waals surface area contributed by atoms with Crippen LogP contribution in [0.3, 0.4) is 0 Å². The van der Waals surface area contributed by atoms with Crippen LogP contribution in [0, 0.1) is 0 Å². The van der Waals surface area contributed by atoms with Crippen molar-refractivity contribution in [3.8, 4) is 0 Å². The fourth-order valence-electron chi connectivity index (χ4n) is 4.41. The maximum absolute atomic E-state index is 12.3. The Hall–Kier alpha value is -1.97. The molecule has 1 heterocycles. The molecule has 0 N–H and O–H groups in total. The van der Waals surface area contributed by atoms with E-state index in [0.717, 1.165) is 23.9 Å². The molecule has 0 saturated heterocycles. The van der Waals surface area contributed by atoms with Crippen LogP contribution in [0.2, 0.25) is 0 Å². The summed E-state index contributed by atoms with van der Waals surface area (Å²) in [7, 11) is 0. The second kappa shape index (κ2) is 18.5. The third-order valence-corrected chi connectivity index (χ3v) is 6.50. The Kier molecular flexibility index (Phi) is 15.3. The highest BCUT2D eigenvalue weighted by molar-refractivity contribution is 5.88. The van der Waals surface area contributed by atoms with E-state index in [-0.39, 0.29) is 5.91 Å². The van der Waals surface area contributed by atoms with Gasteiger partial charge >= 0.3 is 0 Å². The van der Waals surface area contributed by atoms with Crippen molar-refractivity contribution in [2.75, 3.05) is 0 Å². The van der Waals surface area contributed by atoms with Crippen molar-refractivity contribution in [3.05, 3.63) is 36.4 Å². The number of para-hydroxylation sites is 1. The second-order valence-corrected chi connectivity index (χ2v) is 9.49. The molecule has 0 radical (unpaired) electrons. The van der Waals surface area contributed by atoms with Gasteiger partial charge in [0.2, 0.25) is 5.91 Å². The third kappa shape index (κ3) is 12.2. The minimum Gasteiger partial charge on any atom is -0.272 e. The lowest BCUT2D eigenvalue weighted by Crippen LogP contribution is -2.11. The van der Waals surface area contributed by atoms with Gasteiger partial charge < -0.3 is 0 Å². The van der Waals surface area contributed by atoms with Crippen molar-refractivity contribution in [1.29, 1.82) is 0 Å². The first-order chi connectivity index (χ1) is 16.3. The minimum absolute atomic E-state index is 0.00996. The summed E-state index contributed by atoms with van der Waals surface area (Å²) in [5.74, 6) is 0.00996. The Labute approximate surface area is 202 Å². The Bertz CT molecular complexity index is 780. The number of hydrogen-bond acceptors (Lipinski definition) is 3. The first kappa shape index (κ1) is 27.3. The number of nitrogens with zero attached hydrogens (tertiary/aromatic N) is 3. The van der Waals surface area contributed by atoms with Crippen molar-refractivity contribution in [2.45, 2.75) is 129 Å². The molecule has 2 rings (SSSR count). The summed E-state index contributed by atoms with van der Waals surface area (Å²) < 4.78 is 1.43. The van der Waals surface area contributed by atoms with Crippen molar-refractivity contribution >= 4 is 16.9 Å². The van der Waals surface area contributed by atoms with Gasteiger partial charge in [0.1, 0.15) is 5.52 Å². The fraction of sp³-hybridized carbons (Fsp3) is 0.690. The van der Waals surface area contributed by atoms with Crippen molar-refractivity contribution in [1.82, 2.24) is 15.0 Å². The lowest BCUT2D eigenvalue weighted by molar-refractivity contribution is 0.0891. The highest BCUT2D eigenvalue weighted by Crippen LogP contribution is 2.14. The highest BCUT2D eigenvalue weighted by atomic mass is 16.2. The van der Waals surface area contributed by atoms with Gasteiger partial charge in [-0.25, -0.2) is 0 Å². The van der Waals surface area contributed by atoms with E-state index >= 15 is 0 Å². The number of fused-ring (bicyclic) bond motifs is 1. The van der Waals surface area contributed by atoms with Crippen LogP contribution in [-0.4, -0.2) is 20.9 Å². The Balaban J connectivity index is 1.33. The summed E-state index contributed by atoms with van der Waals surface area (Å²) >= 11 is 0. The van der Waals surface area contributed by atoms with Crippen LogP contribution in [-0.2, 0) is 0 Å². The van der Waals surface area contributed by atoms with E-state index in [1.54, 1.807) is 0 Å². The number of aromatic nitrogens is 3. The zero-order valence-electron chi connectivity index (χ0n) is 21.1. The van der Waals surface area contributed by atoms with Gasteiger partial charge in [0.05, 0.1) is 5.52 Å². The number of allylic oxidation sites excluding steroid dienone is 2. The van der Waals surface area contributed by atoms with E-state index in [1.165, 1.54) is 107 Å². The molecule has 33 heavy (non-hydrogen) atoms. The molecule has 2 aromatic rings. The average molecular weight is 454 g/mol. The van der Waals surface area contributed by atoms with Crippen LogP contribution in [0.1, 0.15) is 134 Å². The summed E-state index contributed by atoms with van der Waals surface area (Å²) in [6.45, 7) is 2.29. The van der Waals surface area contributed by atoms with Gasteiger partial charge in [-0.3, -0.25) is 4.79 Å². The van der Waals surface area contributed by atoms with Crippen LogP contribution >= 0.6 is 0 Å². The zero-order valence-corrected chi connectivity index (χ0v) is 21.1. The molecular formula is C29H47N3O. The third-order valence-electron chi connectivity index (χ3n) is 6.50. The van der Waals surface area contributed by atoms with Crippen molar-refractivity contribution in [3.63, 3.8) is 0 Å². The highest BCUT2D eigenvalue weighted by Gasteiger charge is 2.10. The lowest BCUT2D eigenvalue weighted by atomic mass is 10.0. The van der Waals surface area contributed by atoms with E-state index < -0.39 is 0 Å². The normalized spacial score (nSPS) is 11.7. The zero-order chi connectivity index (χ0) is 23.4. The summed E-state index contributed by atoms with van der Waals surface area (Å²) in [4.78, 5) is 12.3. The maximum atomic E-state index is 12.3. The van der Waals surface area contributed by atoms with Gasteiger partial charge in [-0.2, -0.15) is 4.68 Å². The molecule has 184 valence electrons. The molecule has 0 unspecified atom stereocenters. The largest absolute Gasteiger partial charge is 0.272 e. The van der Waals surface area contributed by atoms with Gasteiger partial charge in [-0.05, 0) is 31.4 Å². The number of carbonyl (C=O) groups is 1. The summed E-state index contributed by atoms with van der Waals surface area (Å²) in [6, 6.07) is 7.59.